The number of nitrogens with zero attached hydrogens (tertiary/aromatic N) is 1. The molecule has 1 saturated heterocycles. The Labute approximate surface area is 185 Å². The van der Waals surface area contributed by atoms with E-state index in [9.17, 15) is 14.7 Å². The van der Waals surface area contributed by atoms with E-state index in [0.717, 1.165) is 10.4 Å². The van der Waals surface area contributed by atoms with Gasteiger partial charge in [-0.25, -0.2) is 0 Å². The fourth-order valence-electron chi connectivity index (χ4n) is 3.65. The topological polar surface area (TPSA) is 85.3 Å². The highest BCUT2D eigenvalue weighted by Gasteiger charge is 2.47. The summed E-state index contributed by atoms with van der Waals surface area (Å²) >= 11 is 1.44. The maximum atomic E-state index is 13.1. The first-order valence-electron chi connectivity index (χ1n) is 9.97. The van der Waals surface area contributed by atoms with Crippen molar-refractivity contribution < 1.29 is 28.9 Å². The minimum Gasteiger partial charge on any atom is -0.506 e. The van der Waals surface area contributed by atoms with Crippen molar-refractivity contribution >= 4 is 28.8 Å². The second-order valence-corrected chi connectivity index (χ2v) is 8.37. The van der Waals surface area contributed by atoms with E-state index < -0.39 is 17.7 Å². The molecule has 1 amide bonds. The Morgan fingerprint density at radius 1 is 1.16 bits per heavy atom. The number of thiophene rings is 1. The molecular weight excluding hydrogens is 418 g/mol. The molecule has 1 aliphatic heterocycles. The average molecular weight is 446 g/mol. The smallest absolute Gasteiger partial charge is 0.295 e. The Kier molecular flexibility index (Phi) is 7.02. The fourth-order valence-corrected chi connectivity index (χ4v) is 4.70. The monoisotopic (exact) mass is 445 g/mol. The van der Waals surface area contributed by atoms with Crippen molar-refractivity contribution in [3.8, 4) is 11.5 Å². The molecule has 0 saturated carbocycles. The number of aryl methyl sites for hydroxylation is 1. The Hall–Kier alpha value is -2.84. The quantitative estimate of drug-likeness (QED) is 0.377. The van der Waals surface area contributed by atoms with Gasteiger partial charge in [-0.15, -0.1) is 11.3 Å². The summed E-state index contributed by atoms with van der Waals surface area (Å²) in [6.07, 6.45) is -0.00316. The number of benzene rings is 1. The number of rotatable bonds is 8. The molecule has 2 aromatic rings. The summed E-state index contributed by atoms with van der Waals surface area (Å²) < 4.78 is 16.4. The molecule has 1 unspecified atom stereocenters. The standard InChI is InChI=1S/C23H27NO6S/c1-13(2)30-11-10-24-19(22-14(3)9-12-31-22)18(21(26)23(24)27)20(25)17-15(28-4)7-6-8-16(17)29-5/h6-9,12-13,19,25H,10-11H2,1-5H3/b20-18+. The molecule has 2 heterocycles. The summed E-state index contributed by atoms with van der Waals surface area (Å²) in [6, 6.07) is 6.25. The first-order chi connectivity index (χ1) is 14.8. The minimum atomic E-state index is -0.743. The van der Waals surface area contributed by atoms with Gasteiger partial charge in [0.05, 0.1) is 38.5 Å². The predicted octanol–water partition coefficient (Wildman–Crippen LogP) is 3.92. The van der Waals surface area contributed by atoms with E-state index in [-0.39, 0.29) is 36.2 Å². The number of methoxy groups -OCH3 is 2. The number of hydrogen-bond acceptors (Lipinski definition) is 7. The lowest BCUT2D eigenvalue weighted by atomic mass is 9.97. The van der Waals surface area contributed by atoms with E-state index >= 15 is 0 Å². The number of likely N-dealkylation sites (tertiary alicyclic amines) is 1. The number of hydrogen-bond donors (Lipinski definition) is 1. The van der Waals surface area contributed by atoms with Gasteiger partial charge in [0.25, 0.3) is 11.7 Å². The molecule has 1 aliphatic rings. The molecule has 1 aromatic carbocycles. The maximum Gasteiger partial charge on any atom is 0.295 e. The normalized spacial score (nSPS) is 18.1. The van der Waals surface area contributed by atoms with Crippen LogP contribution in [0.15, 0.2) is 35.2 Å². The first-order valence-corrected chi connectivity index (χ1v) is 10.8. The average Bonchev–Trinajstić information content (AvgIpc) is 3.28. The van der Waals surface area contributed by atoms with Crippen molar-refractivity contribution in [3.05, 3.63) is 51.2 Å². The van der Waals surface area contributed by atoms with Crippen LogP contribution in [0.4, 0.5) is 0 Å². The van der Waals surface area contributed by atoms with E-state index in [2.05, 4.69) is 0 Å². The van der Waals surface area contributed by atoms with Crippen molar-refractivity contribution in [2.45, 2.75) is 32.9 Å². The highest BCUT2D eigenvalue weighted by Crippen LogP contribution is 2.45. The third-order valence-electron chi connectivity index (χ3n) is 5.14. The third kappa shape index (κ3) is 4.31. The molecule has 0 spiro atoms. The predicted molar refractivity (Wildman–Crippen MR) is 119 cm³/mol. The number of carbonyl (C=O) groups is 2. The van der Waals surface area contributed by atoms with E-state index in [4.69, 9.17) is 14.2 Å². The van der Waals surface area contributed by atoms with Crippen molar-refractivity contribution in [3.63, 3.8) is 0 Å². The summed E-state index contributed by atoms with van der Waals surface area (Å²) in [5.41, 5.74) is 1.19. The summed E-state index contributed by atoms with van der Waals surface area (Å²) in [6.45, 7) is 6.24. The van der Waals surface area contributed by atoms with E-state index in [1.54, 1.807) is 18.2 Å². The minimum absolute atomic E-state index is 0.00316. The molecule has 0 radical (unpaired) electrons. The number of ether oxygens (including phenoxy) is 3. The van der Waals surface area contributed by atoms with Crippen LogP contribution in [0.1, 0.15) is 35.9 Å². The summed E-state index contributed by atoms with van der Waals surface area (Å²) in [5.74, 6) is -1.05. The Morgan fingerprint density at radius 3 is 2.32 bits per heavy atom. The highest BCUT2D eigenvalue weighted by atomic mass is 32.1. The van der Waals surface area contributed by atoms with E-state index in [1.807, 2.05) is 32.2 Å². The van der Waals surface area contributed by atoms with Crippen LogP contribution in [-0.4, -0.2) is 55.2 Å². The molecule has 1 N–H and O–H groups in total. The number of amides is 1. The lowest BCUT2D eigenvalue weighted by molar-refractivity contribution is -0.140. The Balaban J connectivity index is 2.19. The number of aliphatic hydroxyl groups excluding tert-OH is 1. The second kappa shape index (κ2) is 9.53. The van der Waals surface area contributed by atoms with Crippen LogP contribution in [0, 0.1) is 6.92 Å². The molecule has 1 atom stereocenters. The summed E-state index contributed by atoms with van der Waals surface area (Å²) in [4.78, 5) is 28.4. The SMILES string of the molecule is COc1cccc(OC)c1/C(O)=C1\C(=O)C(=O)N(CCOC(C)C)C1c1sccc1C. The van der Waals surface area contributed by atoms with E-state index in [0.29, 0.717) is 11.5 Å². The van der Waals surface area contributed by atoms with Gasteiger partial charge in [0.15, 0.2) is 0 Å². The van der Waals surface area contributed by atoms with Crippen LogP contribution in [0.2, 0.25) is 0 Å². The first kappa shape index (κ1) is 22.8. The largest absolute Gasteiger partial charge is 0.506 e. The van der Waals surface area contributed by atoms with Crippen molar-refractivity contribution in [2.24, 2.45) is 0 Å². The lowest BCUT2D eigenvalue weighted by Gasteiger charge is -2.25. The van der Waals surface area contributed by atoms with Crippen LogP contribution in [0.3, 0.4) is 0 Å². The molecule has 1 fully saturated rings. The van der Waals surface area contributed by atoms with Crippen LogP contribution in [0.5, 0.6) is 11.5 Å². The third-order valence-corrected chi connectivity index (χ3v) is 6.21. The Bertz CT molecular complexity index is 987. The van der Waals surface area contributed by atoms with Gasteiger partial charge < -0.3 is 24.2 Å². The van der Waals surface area contributed by atoms with Gasteiger partial charge in [-0.05, 0) is 49.9 Å². The zero-order valence-electron chi connectivity index (χ0n) is 18.3. The fraction of sp³-hybridized carbons (Fsp3) is 0.391. The molecule has 31 heavy (non-hydrogen) atoms. The molecule has 8 heteroatoms. The molecule has 166 valence electrons. The molecule has 0 aliphatic carbocycles. The van der Waals surface area contributed by atoms with Gasteiger partial charge in [-0.3, -0.25) is 9.59 Å². The summed E-state index contributed by atoms with van der Waals surface area (Å²) in [7, 11) is 2.93. The van der Waals surface area contributed by atoms with Crippen LogP contribution in [0.25, 0.3) is 5.76 Å². The van der Waals surface area contributed by atoms with Gasteiger partial charge in [-0.1, -0.05) is 6.07 Å². The molecule has 0 bridgehead atoms. The number of carbonyl (C=O) groups excluding carboxylic acids is 2. The molecular formula is C23H27NO6S. The molecule has 1 aromatic heterocycles. The van der Waals surface area contributed by atoms with Gasteiger partial charge in [0.2, 0.25) is 0 Å². The summed E-state index contributed by atoms with van der Waals surface area (Å²) in [5, 5.41) is 13.2. The van der Waals surface area contributed by atoms with Gasteiger partial charge >= 0.3 is 0 Å². The van der Waals surface area contributed by atoms with E-state index in [1.165, 1.54) is 30.5 Å². The zero-order chi connectivity index (χ0) is 22.7. The number of ketones is 1. The lowest BCUT2D eigenvalue weighted by Crippen LogP contribution is -2.33. The number of Topliss-reactive ketones (excluding diaryl/α,β-unsaturated/α-hetero) is 1. The Morgan fingerprint density at radius 2 is 1.81 bits per heavy atom. The zero-order valence-corrected chi connectivity index (χ0v) is 19.1. The molecule has 3 rings (SSSR count). The molecule has 7 nitrogen and oxygen atoms in total. The number of aliphatic hydroxyl groups is 1. The van der Waals surface area contributed by atoms with Crippen molar-refractivity contribution in [2.75, 3.05) is 27.4 Å². The highest BCUT2D eigenvalue weighted by molar-refractivity contribution is 7.10. The van der Waals surface area contributed by atoms with Gasteiger partial charge in [-0.2, -0.15) is 0 Å². The van der Waals surface area contributed by atoms with Gasteiger partial charge in [0, 0.05) is 11.4 Å². The van der Waals surface area contributed by atoms with Crippen LogP contribution in [-0.2, 0) is 14.3 Å². The van der Waals surface area contributed by atoms with Crippen molar-refractivity contribution in [1.29, 1.82) is 0 Å². The van der Waals surface area contributed by atoms with Crippen molar-refractivity contribution in [1.82, 2.24) is 4.90 Å². The van der Waals surface area contributed by atoms with Crippen LogP contribution < -0.4 is 9.47 Å². The van der Waals surface area contributed by atoms with Gasteiger partial charge in [0.1, 0.15) is 22.8 Å². The maximum absolute atomic E-state index is 13.1. The second-order valence-electron chi connectivity index (χ2n) is 7.42. The van der Waals surface area contributed by atoms with Crippen LogP contribution >= 0.6 is 11.3 Å².